The molecule has 1 aliphatic rings. The van der Waals surface area contributed by atoms with Gasteiger partial charge in [-0.1, -0.05) is 48.9 Å². The number of alkyl halides is 3. The van der Waals surface area contributed by atoms with Gasteiger partial charge in [-0.15, -0.1) is 0 Å². The highest BCUT2D eigenvalue weighted by Crippen LogP contribution is 2.33. The van der Waals surface area contributed by atoms with Gasteiger partial charge in [0, 0.05) is 19.1 Å². The van der Waals surface area contributed by atoms with E-state index in [1.165, 1.54) is 10.1 Å². The summed E-state index contributed by atoms with van der Waals surface area (Å²) in [6.45, 7) is 1.98. The first kappa shape index (κ1) is 18.0. The average molecular weight is 373 g/mol. The molecule has 0 bridgehead atoms. The van der Waals surface area contributed by atoms with Crippen LogP contribution in [0.5, 0.6) is 0 Å². The first-order valence-corrected chi connectivity index (χ1v) is 9.33. The van der Waals surface area contributed by atoms with E-state index in [4.69, 9.17) is 0 Å². The van der Waals surface area contributed by atoms with Crippen molar-refractivity contribution in [2.24, 2.45) is 0 Å². The lowest BCUT2D eigenvalue weighted by Gasteiger charge is -2.36. The Balaban J connectivity index is 1.65. The van der Waals surface area contributed by atoms with Crippen LogP contribution in [-0.2, 0) is 19.3 Å². The Kier molecular flexibility index (Phi) is 4.91. The van der Waals surface area contributed by atoms with Gasteiger partial charge in [-0.2, -0.15) is 13.2 Å². The summed E-state index contributed by atoms with van der Waals surface area (Å²) in [6, 6.07) is 17.0. The topological polar surface area (TPSA) is 21.1 Å². The van der Waals surface area contributed by atoms with Gasteiger partial charge in [0.15, 0.2) is 0 Å². The van der Waals surface area contributed by atoms with E-state index in [0.29, 0.717) is 17.6 Å². The Morgan fingerprint density at radius 3 is 2.48 bits per heavy atom. The van der Waals surface area contributed by atoms with Crippen molar-refractivity contribution >= 4 is 11.0 Å². The molecule has 2 aromatic carbocycles. The van der Waals surface area contributed by atoms with Crippen molar-refractivity contribution in [3.05, 3.63) is 66.0 Å². The lowest BCUT2D eigenvalue weighted by molar-refractivity contribution is -0.147. The van der Waals surface area contributed by atoms with Gasteiger partial charge >= 0.3 is 6.18 Å². The van der Waals surface area contributed by atoms with Gasteiger partial charge in [0.1, 0.15) is 0 Å². The molecule has 0 spiro atoms. The second-order valence-electron chi connectivity index (χ2n) is 7.14. The van der Waals surface area contributed by atoms with Gasteiger partial charge in [0.05, 0.1) is 11.0 Å². The standard InChI is InChI=1S/C21H22F3N3/c22-21(23,24)20-25-18-11-4-5-12-19(18)27(20)15-17-10-6-7-13-26(17)14-16-8-2-1-3-9-16/h1-5,8-9,11-12,17H,6-7,10,13-15H2/t17-/m0/s1. The molecule has 0 amide bonds. The summed E-state index contributed by atoms with van der Waals surface area (Å²) in [5.74, 6) is -0.797. The van der Waals surface area contributed by atoms with E-state index in [2.05, 4.69) is 22.0 Å². The van der Waals surface area contributed by atoms with Crippen LogP contribution in [0.1, 0.15) is 30.7 Å². The van der Waals surface area contributed by atoms with Gasteiger partial charge in [-0.25, -0.2) is 4.98 Å². The summed E-state index contributed by atoms with van der Waals surface area (Å²) in [5.41, 5.74) is 2.14. The number of para-hydroxylation sites is 2. The normalized spacial score (nSPS) is 18.9. The number of aromatic nitrogens is 2. The van der Waals surface area contributed by atoms with E-state index in [0.717, 1.165) is 32.4 Å². The monoisotopic (exact) mass is 373 g/mol. The minimum Gasteiger partial charge on any atom is -0.319 e. The van der Waals surface area contributed by atoms with Crippen LogP contribution in [0.15, 0.2) is 54.6 Å². The van der Waals surface area contributed by atoms with Crippen molar-refractivity contribution in [1.29, 1.82) is 0 Å². The number of nitrogens with zero attached hydrogens (tertiary/aromatic N) is 3. The Labute approximate surface area is 156 Å². The van der Waals surface area contributed by atoms with Crippen LogP contribution in [-0.4, -0.2) is 27.0 Å². The number of hydrogen-bond donors (Lipinski definition) is 0. The fourth-order valence-corrected chi connectivity index (χ4v) is 3.98. The molecule has 1 fully saturated rings. The maximum Gasteiger partial charge on any atom is 0.449 e. The van der Waals surface area contributed by atoms with Crippen molar-refractivity contribution in [2.75, 3.05) is 6.54 Å². The number of hydrogen-bond acceptors (Lipinski definition) is 2. The summed E-state index contributed by atoms with van der Waals surface area (Å²) in [6.07, 6.45) is -1.43. The molecule has 6 heteroatoms. The zero-order valence-corrected chi connectivity index (χ0v) is 15.0. The van der Waals surface area contributed by atoms with E-state index >= 15 is 0 Å². The number of halogens is 3. The molecule has 142 valence electrons. The SMILES string of the molecule is FC(F)(F)c1nc2ccccc2n1C[C@@H]1CCCCN1Cc1ccccc1. The Hall–Kier alpha value is -2.34. The van der Waals surface area contributed by atoms with E-state index in [1.54, 1.807) is 24.3 Å². The fourth-order valence-electron chi connectivity index (χ4n) is 3.98. The van der Waals surface area contributed by atoms with Gasteiger partial charge in [0.25, 0.3) is 0 Å². The van der Waals surface area contributed by atoms with Gasteiger partial charge in [-0.3, -0.25) is 4.90 Å². The maximum absolute atomic E-state index is 13.6. The lowest BCUT2D eigenvalue weighted by Crippen LogP contribution is -2.42. The average Bonchev–Trinajstić information content (AvgIpc) is 3.03. The number of imidazole rings is 1. The largest absolute Gasteiger partial charge is 0.449 e. The predicted octanol–water partition coefficient (Wildman–Crippen LogP) is 5.11. The van der Waals surface area contributed by atoms with E-state index in [9.17, 15) is 13.2 Å². The number of fused-ring (bicyclic) bond motifs is 1. The molecule has 2 heterocycles. The second-order valence-corrected chi connectivity index (χ2v) is 7.14. The predicted molar refractivity (Wildman–Crippen MR) is 99.2 cm³/mol. The Morgan fingerprint density at radius 2 is 1.70 bits per heavy atom. The zero-order chi connectivity index (χ0) is 18.9. The first-order chi connectivity index (χ1) is 13.0. The summed E-state index contributed by atoms with van der Waals surface area (Å²) in [5, 5.41) is 0. The molecule has 4 rings (SSSR count). The van der Waals surface area contributed by atoms with Gasteiger partial charge in [0.2, 0.25) is 5.82 Å². The molecule has 27 heavy (non-hydrogen) atoms. The summed E-state index contributed by atoms with van der Waals surface area (Å²) < 4.78 is 42.1. The highest BCUT2D eigenvalue weighted by atomic mass is 19.4. The Morgan fingerprint density at radius 1 is 0.963 bits per heavy atom. The first-order valence-electron chi connectivity index (χ1n) is 9.33. The summed E-state index contributed by atoms with van der Waals surface area (Å²) in [7, 11) is 0. The molecule has 3 nitrogen and oxygen atoms in total. The van der Waals surface area contributed by atoms with Crippen LogP contribution >= 0.6 is 0 Å². The molecule has 1 saturated heterocycles. The summed E-state index contributed by atoms with van der Waals surface area (Å²) in [4.78, 5) is 6.19. The number of benzene rings is 2. The van der Waals surface area contributed by atoms with E-state index in [-0.39, 0.29) is 6.04 Å². The number of likely N-dealkylation sites (tertiary alicyclic amines) is 1. The third-order valence-corrected chi connectivity index (χ3v) is 5.28. The molecular formula is C21H22F3N3. The van der Waals surface area contributed by atoms with Crippen LogP contribution in [0.25, 0.3) is 11.0 Å². The van der Waals surface area contributed by atoms with Crippen molar-refractivity contribution in [3.8, 4) is 0 Å². The minimum atomic E-state index is -4.46. The van der Waals surface area contributed by atoms with E-state index < -0.39 is 12.0 Å². The quantitative estimate of drug-likeness (QED) is 0.634. The molecule has 0 radical (unpaired) electrons. The Bertz CT molecular complexity index is 902. The molecule has 3 aromatic rings. The highest BCUT2D eigenvalue weighted by molar-refractivity contribution is 5.76. The van der Waals surface area contributed by atoms with Crippen LogP contribution < -0.4 is 0 Å². The van der Waals surface area contributed by atoms with Crippen molar-refractivity contribution < 1.29 is 13.2 Å². The third kappa shape index (κ3) is 3.86. The van der Waals surface area contributed by atoms with Crippen LogP contribution in [0, 0.1) is 0 Å². The molecular weight excluding hydrogens is 351 g/mol. The van der Waals surface area contributed by atoms with Crippen LogP contribution in [0.2, 0.25) is 0 Å². The van der Waals surface area contributed by atoms with Crippen molar-refractivity contribution in [3.63, 3.8) is 0 Å². The van der Waals surface area contributed by atoms with Crippen LogP contribution in [0.4, 0.5) is 13.2 Å². The minimum absolute atomic E-state index is 0.0673. The van der Waals surface area contributed by atoms with Gasteiger partial charge in [-0.05, 0) is 37.1 Å². The molecule has 1 atom stereocenters. The highest BCUT2D eigenvalue weighted by Gasteiger charge is 2.38. The zero-order valence-electron chi connectivity index (χ0n) is 15.0. The summed E-state index contributed by atoms with van der Waals surface area (Å²) >= 11 is 0. The van der Waals surface area contributed by atoms with Crippen molar-refractivity contribution in [2.45, 2.75) is 44.6 Å². The number of rotatable bonds is 4. The molecule has 0 aliphatic carbocycles. The van der Waals surface area contributed by atoms with Gasteiger partial charge < -0.3 is 4.57 Å². The molecule has 1 aliphatic heterocycles. The second kappa shape index (κ2) is 7.35. The molecule has 1 aromatic heterocycles. The molecule has 0 unspecified atom stereocenters. The smallest absolute Gasteiger partial charge is 0.319 e. The molecule has 0 saturated carbocycles. The third-order valence-electron chi connectivity index (χ3n) is 5.28. The van der Waals surface area contributed by atoms with Crippen LogP contribution in [0.3, 0.4) is 0 Å². The number of piperidine rings is 1. The molecule has 0 N–H and O–H groups in total. The fraction of sp³-hybridized carbons (Fsp3) is 0.381. The van der Waals surface area contributed by atoms with E-state index in [1.807, 2.05) is 18.2 Å². The lowest BCUT2D eigenvalue weighted by atomic mass is 10.0. The van der Waals surface area contributed by atoms with Crippen molar-refractivity contribution in [1.82, 2.24) is 14.5 Å². The maximum atomic E-state index is 13.6.